The first-order valence-electron chi connectivity index (χ1n) is 9.09. The Bertz CT molecular complexity index is 857. The predicted octanol–water partition coefficient (Wildman–Crippen LogP) is 2.44. The molecule has 3 rings (SSSR count). The molecule has 1 N–H and O–H groups in total. The highest BCUT2D eigenvalue weighted by Crippen LogP contribution is 2.12. The van der Waals surface area contributed by atoms with Gasteiger partial charge in [0.15, 0.2) is 0 Å². The van der Waals surface area contributed by atoms with Gasteiger partial charge in [0.25, 0.3) is 5.91 Å². The normalized spacial score (nSPS) is 14.0. The van der Waals surface area contributed by atoms with Crippen molar-refractivity contribution in [3.05, 3.63) is 71.0 Å². The van der Waals surface area contributed by atoms with Crippen LogP contribution in [-0.4, -0.2) is 58.9 Å². The summed E-state index contributed by atoms with van der Waals surface area (Å²) in [4.78, 5) is 39.1. The zero-order valence-corrected chi connectivity index (χ0v) is 15.3. The fourth-order valence-electron chi connectivity index (χ4n) is 3.16. The Kier molecular flexibility index (Phi) is 6.03. The summed E-state index contributed by atoms with van der Waals surface area (Å²) < 4.78 is 13.0. The van der Waals surface area contributed by atoms with Crippen molar-refractivity contribution < 1.29 is 23.9 Å². The number of aryl methyl sites for hydroxylation is 1. The molecule has 1 aliphatic rings. The van der Waals surface area contributed by atoms with Gasteiger partial charge in [-0.25, -0.2) is 9.18 Å². The second kappa shape index (κ2) is 8.65. The summed E-state index contributed by atoms with van der Waals surface area (Å²) in [7, 11) is 0. The molecule has 0 saturated carbocycles. The van der Waals surface area contributed by atoms with Crippen molar-refractivity contribution in [1.29, 1.82) is 0 Å². The largest absolute Gasteiger partial charge is 0.478 e. The van der Waals surface area contributed by atoms with E-state index in [1.807, 2.05) is 0 Å². The Balaban J connectivity index is 1.47. The Hall–Kier alpha value is -3.22. The van der Waals surface area contributed by atoms with E-state index in [1.165, 1.54) is 36.4 Å². The summed E-state index contributed by atoms with van der Waals surface area (Å²) in [6, 6.07) is 11.9. The quantitative estimate of drug-likeness (QED) is 0.859. The number of hydrogen-bond donors (Lipinski definition) is 1. The van der Waals surface area contributed by atoms with Crippen LogP contribution in [0.15, 0.2) is 48.5 Å². The highest BCUT2D eigenvalue weighted by Gasteiger charge is 2.24. The summed E-state index contributed by atoms with van der Waals surface area (Å²) in [5, 5.41) is 8.90. The molecule has 0 radical (unpaired) electrons. The van der Waals surface area contributed by atoms with Gasteiger partial charge >= 0.3 is 5.97 Å². The maximum Gasteiger partial charge on any atom is 0.335 e. The number of aromatic carboxylic acids is 1. The average molecular weight is 384 g/mol. The first-order valence-corrected chi connectivity index (χ1v) is 9.09. The smallest absolute Gasteiger partial charge is 0.335 e. The van der Waals surface area contributed by atoms with Crippen molar-refractivity contribution in [3.63, 3.8) is 0 Å². The van der Waals surface area contributed by atoms with Crippen LogP contribution in [0.1, 0.15) is 32.7 Å². The number of hydrogen-bond acceptors (Lipinski definition) is 3. The topological polar surface area (TPSA) is 77.9 Å². The van der Waals surface area contributed by atoms with Gasteiger partial charge in [-0.3, -0.25) is 9.59 Å². The van der Waals surface area contributed by atoms with Crippen LogP contribution >= 0.6 is 0 Å². The third-order valence-corrected chi connectivity index (χ3v) is 4.84. The molecule has 1 heterocycles. The lowest BCUT2D eigenvalue weighted by Crippen LogP contribution is -2.50. The number of carboxylic acids is 1. The molecule has 0 spiro atoms. The highest BCUT2D eigenvalue weighted by molar-refractivity contribution is 5.94. The predicted molar refractivity (Wildman–Crippen MR) is 101 cm³/mol. The SMILES string of the molecule is O=C(O)c1ccc(CCC(=O)N2CCN(C(=O)c3ccc(F)cc3)CC2)cc1. The van der Waals surface area contributed by atoms with Crippen molar-refractivity contribution in [3.8, 4) is 0 Å². The number of benzene rings is 2. The summed E-state index contributed by atoms with van der Waals surface area (Å²) in [5.74, 6) is -1.51. The van der Waals surface area contributed by atoms with Crippen LogP contribution in [0.4, 0.5) is 4.39 Å². The molecule has 146 valence electrons. The standard InChI is InChI=1S/C21H21FN2O4/c22-18-8-6-16(7-9-18)20(26)24-13-11-23(12-14-24)19(25)10-3-15-1-4-17(5-2-15)21(27)28/h1-2,4-9H,3,10-14H2,(H,27,28). The lowest BCUT2D eigenvalue weighted by molar-refractivity contribution is -0.132. The van der Waals surface area contributed by atoms with Crippen LogP contribution in [0.3, 0.4) is 0 Å². The monoisotopic (exact) mass is 384 g/mol. The first kappa shape index (κ1) is 19.5. The Labute approximate surface area is 162 Å². The number of carbonyl (C=O) groups is 3. The van der Waals surface area contributed by atoms with Crippen molar-refractivity contribution in [2.24, 2.45) is 0 Å². The maximum atomic E-state index is 13.0. The summed E-state index contributed by atoms with van der Waals surface area (Å²) in [6.45, 7) is 1.80. The zero-order valence-electron chi connectivity index (χ0n) is 15.3. The third-order valence-electron chi connectivity index (χ3n) is 4.84. The molecule has 1 saturated heterocycles. The van der Waals surface area contributed by atoms with E-state index < -0.39 is 5.97 Å². The van der Waals surface area contributed by atoms with Gasteiger partial charge in [0.05, 0.1) is 5.56 Å². The van der Waals surface area contributed by atoms with Crippen LogP contribution in [0.2, 0.25) is 0 Å². The van der Waals surface area contributed by atoms with E-state index in [2.05, 4.69) is 0 Å². The van der Waals surface area contributed by atoms with Crippen molar-refractivity contribution in [1.82, 2.24) is 9.80 Å². The van der Waals surface area contributed by atoms with E-state index in [0.29, 0.717) is 44.6 Å². The number of carbonyl (C=O) groups excluding carboxylic acids is 2. The Morgan fingerprint density at radius 2 is 1.36 bits per heavy atom. The van der Waals surface area contributed by atoms with Gasteiger partial charge < -0.3 is 14.9 Å². The highest BCUT2D eigenvalue weighted by atomic mass is 19.1. The molecule has 2 aromatic rings. The molecule has 6 nitrogen and oxygen atoms in total. The Morgan fingerprint density at radius 1 is 0.821 bits per heavy atom. The van der Waals surface area contributed by atoms with E-state index in [-0.39, 0.29) is 23.2 Å². The molecular weight excluding hydrogens is 363 g/mol. The summed E-state index contributed by atoms with van der Waals surface area (Å²) >= 11 is 0. The van der Waals surface area contributed by atoms with E-state index in [1.54, 1.807) is 21.9 Å². The van der Waals surface area contributed by atoms with Gasteiger partial charge in [0, 0.05) is 38.2 Å². The van der Waals surface area contributed by atoms with Crippen LogP contribution in [0.25, 0.3) is 0 Å². The van der Waals surface area contributed by atoms with Crippen molar-refractivity contribution >= 4 is 17.8 Å². The molecule has 1 aliphatic heterocycles. The van der Waals surface area contributed by atoms with E-state index in [4.69, 9.17) is 5.11 Å². The Morgan fingerprint density at radius 3 is 1.93 bits per heavy atom. The minimum Gasteiger partial charge on any atom is -0.478 e. The molecule has 2 aromatic carbocycles. The minimum atomic E-state index is -0.976. The molecule has 0 atom stereocenters. The third kappa shape index (κ3) is 4.73. The average Bonchev–Trinajstić information content (AvgIpc) is 2.72. The lowest BCUT2D eigenvalue weighted by Gasteiger charge is -2.35. The van der Waals surface area contributed by atoms with Crippen LogP contribution in [0, 0.1) is 5.82 Å². The second-order valence-electron chi connectivity index (χ2n) is 6.68. The molecule has 0 bridgehead atoms. The fraction of sp³-hybridized carbons (Fsp3) is 0.286. The fourth-order valence-corrected chi connectivity index (χ4v) is 3.16. The zero-order chi connectivity index (χ0) is 20.1. The van der Waals surface area contributed by atoms with Gasteiger partial charge in [-0.1, -0.05) is 12.1 Å². The molecule has 28 heavy (non-hydrogen) atoms. The van der Waals surface area contributed by atoms with Gasteiger partial charge in [0.1, 0.15) is 5.82 Å². The molecule has 0 unspecified atom stereocenters. The number of nitrogens with zero attached hydrogens (tertiary/aromatic N) is 2. The van der Waals surface area contributed by atoms with Crippen LogP contribution in [-0.2, 0) is 11.2 Å². The van der Waals surface area contributed by atoms with Crippen LogP contribution in [0.5, 0.6) is 0 Å². The number of halogens is 1. The first-order chi connectivity index (χ1) is 13.4. The summed E-state index contributed by atoms with van der Waals surface area (Å²) in [5.41, 5.74) is 1.56. The number of carboxylic acid groups (broad SMARTS) is 1. The number of piperazine rings is 1. The molecule has 7 heteroatoms. The molecule has 0 aliphatic carbocycles. The van der Waals surface area contributed by atoms with Crippen LogP contribution < -0.4 is 0 Å². The van der Waals surface area contributed by atoms with Crippen molar-refractivity contribution in [2.45, 2.75) is 12.8 Å². The summed E-state index contributed by atoms with van der Waals surface area (Å²) in [6.07, 6.45) is 0.867. The maximum absolute atomic E-state index is 13.0. The van der Waals surface area contributed by atoms with E-state index in [0.717, 1.165) is 5.56 Å². The van der Waals surface area contributed by atoms with Gasteiger partial charge in [-0.15, -0.1) is 0 Å². The van der Waals surface area contributed by atoms with E-state index in [9.17, 15) is 18.8 Å². The van der Waals surface area contributed by atoms with E-state index >= 15 is 0 Å². The van der Waals surface area contributed by atoms with Gasteiger partial charge in [-0.2, -0.15) is 0 Å². The van der Waals surface area contributed by atoms with Gasteiger partial charge in [0.2, 0.25) is 5.91 Å². The number of amides is 2. The molecule has 2 amide bonds. The minimum absolute atomic E-state index is 0.0104. The number of rotatable bonds is 5. The molecular formula is C21H21FN2O4. The van der Waals surface area contributed by atoms with Gasteiger partial charge in [-0.05, 0) is 48.4 Å². The molecule has 0 aromatic heterocycles. The van der Waals surface area contributed by atoms with Crippen molar-refractivity contribution in [2.75, 3.05) is 26.2 Å². The lowest BCUT2D eigenvalue weighted by atomic mass is 10.1. The second-order valence-corrected chi connectivity index (χ2v) is 6.68. The molecule has 1 fully saturated rings.